The van der Waals surface area contributed by atoms with E-state index in [-0.39, 0.29) is 11.7 Å². The van der Waals surface area contributed by atoms with Crippen LogP contribution in [0.4, 0.5) is 11.4 Å². The van der Waals surface area contributed by atoms with Gasteiger partial charge in [-0.05, 0) is 65.5 Å². The molecule has 0 bridgehead atoms. The Balaban J connectivity index is 2.23. The fraction of sp³-hybridized carbons (Fsp3) is 0.250. The minimum atomic E-state index is -0.393. The molecule has 0 heterocycles. The van der Waals surface area contributed by atoms with E-state index in [9.17, 15) is 10.1 Å². The highest BCUT2D eigenvalue weighted by Crippen LogP contribution is 2.29. The summed E-state index contributed by atoms with van der Waals surface area (Å²) in [6, 6.07) is 11.4. The molecule has 0 aliphatic heterocycles. The van der Waals surface area contributed by atoms with Crippen LogP contribution in [-0.2, 0) is 0 Å². The third kappa shape index (κ3) is 3.61. The molecule has 110 valence electrons. The lowest BCUT2D eigenvalue weighted by molar-refractivity contribution is -0.385. The van der Waals surface area contributed by atoms with E-state index in [1.165, 1.54) is 11.1 Å². The number of rotatable bonds is 4. The average molecular weight is 349 g/mol. The van der Waals surface area contributed by atoms with Crippen LogP contribution >= 0.6 is 15.9 Å². The van der Waals surface area contributed by atoms with Crippen molar-refractivity contribution in [2.45, 2.75) is 26.8 Å². The van der Waals surface area contributed by atoms with Gasteiger partial charge in [-0.25, -0.2) is 0 Å². The van der Waals surface area contributed by atoms with Crippen LogP contribution < -0.4 is 5.32 Å². The summed E-state index contributed by atoms with van der Waals surface area (Å²) in [5.41, 5.74) is 4.44. The maximum Gasteiger partial charge on any atom is 0.285 e. The van der Waals surface area contributed by atoms with Gasteiger partial charge in [0.15, 0.2) is 0 Å². The second kappa shape index (κ2) is 6.26. The van der Waals surface area contributed by atoms with Crippen molar-refractivity contribution in [1.82, 2.24) is 0 Å². The molecular formula is C16H17BrN2O2. The molecule has 2 aromatic rings. The summed E-state index contributed by atoms with van der Waals surface area (Å²) >= 11 is 3.19. The molecule has 0 spiro atoms. The Morgan fingerprint density at radius 2 is 1.86 bits per heavy atom. The Morgan fingerprint density at radius 3 is 2.48 bits per heavy atom. The van der Waals surface area contributed by atoms with Crippen molar-refractivity contribution >= 4 is 27.3 Å². The van der Waals surface area contributed by atoms with Crippen molar-refractivity contribution in [1.29, 1.82) is 0 Å². The van der Waals surface area contributed by atoms with Gasteiger partial charge < -0.3 is 5.32 Å². The number of hydrogen-bond donors (Lipinski definition) is 1. The van der Waals surface area contributed by atoms with Crippen molar-refractivity contribution < 1.29 is 4.92 Å². The lowest BCUT2D eigenvalue weighted by Gasteiger charge is -2.17. The first-order valence-corrected chi connectivity index (χ1v) is 7.45. The summed E-state index contributed by atoms with van der Waals surface area (Å²) in [6.45, 7) is 6.20. The van der Waals surface area contributed by atoms with Gasteiger partial charge in [0.05, 0.1) is 9.40 Å². The topological polar surface area (TPSA) is 55.2 Å². The molecule has 0 saturated carbocycles. The Kier molecular flexibility index (Phi) is 4.63. The highest BCUT2D eigenvalue weighted by atomic mass is 79.9. The van der Waals surface area contributed by atoms with Crippen molar-refractivity contribution in [3.63, 3.8) is 0 Å². The summed E-state index contributed by atoms with van der Waals surface area (Å²) in [7, 11) is 0. The van der Waals surface area contributed by atoms with Crippen LogP contribution in [0.25, 0.3) is 0 Å². The fourth-order valence-corrected chi connectivity index (χ4v) is 2.50. The van der Waals surface area contributed by atoms with Crippen molar-refractivity contribution in [3.8, 4) is 0 Å². The average Bonchev–Trinajstić information content (AvgIpc) is 2.43. The van der Waals surface area contributed by atoms with Gasteiger partial charge in [0, 0.05) is 17.8 Å². The summed E-state index contributed by atoms with van der Waals surface area (Å²) in [4.78, 5) is 10.6. The first-order valence-electron chi connectivity index (χ1n) is 6.66. The highest BCUT2D eigenvalue weighted by molar-refractivity contribution is 9.10. The molecule has 0 aliphatic rings. The summed E-state index contributed by atoms with van der Waals surface area (Å²) in [5, 5.41) is 14.3. The predicted octanol–water partition coefficient (Wildman–Crippen LogP) is 5.15. The molecule has 0 aromatic heterocycles. The Labute approximate surface area is 132 Å². The number of anilines is 1. The molecule has 1 unspecified atom stereocenters. The Hall–Kier alpha value is -1.88. The van der Waals surface area contributed by atoms with Gasteiger partial charge >= 0.3 is 0 Å². The van der Waals surface area contributed by atoms with E-state index < -0.39 is 4.92 Å². The molecule has 2 rings (SSSR count). The number of benzene rings is 2. The molecule has 0 radical (unpaired) electrons. The van der Waals surface area contributed by atoms with Gasteiger partial charge in [0.2, 0.25) is 0 Å². The predicted molar refractivity (Wildman–Crippen MR) is 88.8 cm³/mol. The maximum atomic E-state index is 11.0. The first-order chi connectivity index (χ1) is 9.88. The monoisotopic (exact) mass is 348 g/mol. The zero-order valence-corrected chi connectivity index (χ0v) is 13.8. The Morgan fingerprint density at radius 1 is 1.14 bits per heavy atom. The van der Waals surface area contributed by atoms with E-state index in [0.29, 0.717) is 4.47 Å². The van der Waals surface area contributed by atoms with Gasteiger partial charge in [-0.2, -0.15) is 0 Å². The molecule has 1 N–H and O–H groups in total. The molecule has 0 saturated heterocycles. The molecule has 5 heteroatoms. The lowest BCUT2D eigenvalue weighted by atomic mass is 10.0. The molecule has 21 heavy (non-hydrogen) atoms. The van der Waals surface area contributed by atoms with Gasteiger partial charge in [0.1, 0.15) is 0 Å². The van der Waals surface area contributed by atoms with Crippen LogP contribution in [0.2, 0.25) is 0 Å². The fourth-order valence-electron chi connectivity index (χ4n) is 2.11. The van der Waals surface area contributed by atoms with Gasteiger partial charge in [-0.1, -0.05) is 18.2 Å². The van der Waals surface area contributed by atoms with E-state index in [4.69, 9.17) is 0 Å². The van der Waals surface area contributed by atoms with E-state index in [0.717, 1.165) is 11.3 Å². The molecule has 0 aliphatic carbocycles. The normalized spacial score (nSPS) is 12.0. The van der Waals surface area contributed by atoms with Gasteiger partial charge in [0.25, 0.3) is 5.69 Å². The molecule has 0 amide bonds. The first kappa shape index (κ1) is 15.5. The van der Waals surface area contributed by atoms with Crippen LogP contribution in [0.3, 0.4) is 0 Å². The summed E-state index contributed by atoms with van der Waals surface area (Å²) in [6.07, 6.45) is 0. The molecule has 4 nitrogen and oxygen atoms in total. The van der Waals surface area contributed by atoms with Crippen LogP contribution in [0.15, 0.2) is 40.9 Å². The largest absolute Gasteiger partial charge is 0.378 e. The molecular weight excluding hydrogens is 332 g/mol. The zero-order chi connectivity index (χ0) is 15.6. The number of aryl methyl sites for hydroxylation is 2. The third-order valence-electron chi connectivity index (χ3n) is 3.56. The molecule has 1 atom stereocenters. The SMILES string of the molecule is Cc1ccc(C(C)Nc2ccc(Br)c([N+](=O)[O-])c2)cc1C. The number of nitrogens with zero attached hydrogens (tertiary/aromatic N) is 1. The number of nitro groups is 1. The quantitative estimate of drug-likeness (QED) is 0.614. The second-order valence-corrected chi connectivity index (χ2v) is 5.99. The van der Waals surface area contributed by atoms with Crippen LogP contribution in [0.1, 0.15) is 29.7 Å². The van der Waals surface area contributed by atoms with Gasteiger partial charge in [-0.3, -0.25) is 10.1 Å². The maximum absolute atomic E-state index is 11.0. The molecule has 2 aromatic carbocycles. The van der Waals surface area contributed by atoms with E-state index in [1.807, 2.05) is 13.0 Å². The summed E-state index contributed by atoms with van der Waals surface area (Å²) in [5.74, 6) is 0. The number of nitrogens with one attached hydrogen (secondary N) is 1. The second-order valence-electron chi connectivity index (χ2n) is 5.13. The van der Waals surface area contributed by atoms with Gasteiger partial charge in [-0.15, -0.1) is 0 Å². The summed E-state index contributed by atoms with van der Waals surface area (Å²) < 4.78 is 0.483. The van der Waals surface area contributed by atoms with E-state index >= 15 is 0 Å². The number of hydrogen-bond acceptors (Lipinski definition) is 3. The van der Waals surface area contributed by atoms with Crippen LogP contribution in [0.5, 0.6) is 0 Å². The van der Waals surface area contributed by atoms with E-state index in [2.05, 4.69) is 53.3 Å². The van der Waals surface area contributed by atoms with Crippen molar-refractivity contribution in [2.75, 3.05) is 5.32 Å². The smallest absolute Gasteiger partial charge is 0.285 e. The lowest BCUT2D eigenvalue weighted by Crippen LogP contribution is -2.07. The van der Waals surface area contributed by atoms with Crippen molar-refractivity contribution in [2.24, 2.45) is 0 Å². The zero-order valence-electron chi connectivity index (χ0n) is 12.2. The molecule has 0 fully saturated rings. The number of halogens is 1. The van der Waals surface area contributed by atoms with E-state index in [1.54, 1.807) is 12.1 Å². The Bertz CT molecular complexity index is 686. The standard InChI is InChI=1S/C16H17BrN2O2/c1-10-4-5-13(8-11(10)2)12(3)18-14-6-7-15(17)16(9-14)19(20)21/h4-9,12,18H,1-3H3. The minimum absolute atomic E-state index is 0.0623. The van der Waals surface area contributed by atoms with Crippen molar-refractivity contribution in [3.05, 3.63) is 67.7 Å². The van der Waals surface area contributed by atoms with Crippen LogP contribution in [-0.4, -0.2) is 4.92 Å². The third-order valence-corrected chi connectivity index (χ3v) is 4.23. The van der Waals surface area contributed by atoms with Crippen LogP contribution in [0, 0.1) is 24.0 Å². The highest BCUT2D eigenvalue weighted by Gasteiger charge is 2.14. The minimum Gasteiger partial charge on any atom is -0.378 e. The number of nitro benzene ring substituents is 1.